The third kappa shape index (κ3) is 3.01. The Hall–Kier alpha value is -2.57. The number of benzene rings is 1. The summed E-state index contributed by atoms with van der Waals surface area (Å²) in [5.74, 6) is 0.506. The average Bonchev–Trinajstić information content (AvgIpc) is 2.82. The van der Waals surface area contributed by atoms with Gasteiger partial charge in [0.15, 0.2) is 5.82 Å². The van der Waals surface area contributed by atoms with E-state index in [9.17, 15) is 4.79 Å². The lowest BCUT2D eigenvalue weighted by atomic mass is 10.1. The van der Waals surface area contributed by atoms with Crippen LogP contribution < -0.4 is 16.4 Å². The topological polar surface area (TPSA) is 97.9 Å². The van der Waals surface area contributed by atoms with E-state index in [1.807, 2.05) is 0 Å². The maximum Gasteiger partial charge on any atom is 0.251 e. The molecule has 4 N–H and O–H groups in total. The number of nitrogens with zero attached hydrogens (tertiary/aromatic N) is 3. The van der Waals surface area contributed by atoms with Crippen LogP contribution in [-0.4, -0.2) is 27.7 Å². The van der Waals surface area contributed by atoms with Gasteiger partial charge in [-0.25, -0.2) is 4.98 Å². The maximum atomic E-state index is 11.5. The van der Waals surface area contributed by atoms with Crippen molar-refractivity contribution in [3.05, 3.63) is 35.9 Å². The van der Waals surface area contributed by atoms with Crippen molar-refractivity contribution in [2.24, 2.45) is 7.05 Å². The van der Waals surface area contributed by atoms with Crippen LogP contribution in [0.3, 0.4) is 0 Å². The van der Waals surface area contributed by atoms with Gasteiger partial charge >= 0.3 is 0 Å². The van der Waals surface area contributed by atoms with Crippen LogP contribution in [0.5, 0.6) is 0 Å². The molecule has 0 bridgehead atoms. The molecule has 1 aromatic heterocycles. The number of hydrogen-bond acceptors (Lipinski definition) is 5. The van der Waals surface area contributed by atoms with E-state index in [4.69, 9.17) is 5.73 Å². The maximum absolute atomic E-state index is 11.5. The molecule has 1 aromatic carbocycles. The van der Waals surface area contributed by atoms with Gasteiger partial charge in [-0.05, 0) is 18.2 Å². The van der Waals surface area contributed by atoms with E-state index >= 15 is 0 Å². The van der Waals surface area contributed by atoms with Crippen molar-refractivity contribution >= 4 is 17.3 Å². The van der Waals surface area contributed by atoms with Crippen LogP contribution in [0.15, 0.2) is 24.5 Å². The summed E-state index contributed by atoms with van der Waals surface area (Å²) in [6, 6.07) is 5.08. The van der Waals surface area contributed by atoms with Crippen LogP contribution in [0.4, 0.5) is 11.4 Å². The molecule has 0 fully saturated rings. The van der Waals surface area contributed by atoms with Crippen molar-refractivity contribution in [2.75, 3.05) is 18.1 Å². The summed E-state index contributed by atoms with van der Waals surface area (Å²) in [6.07, 6.45) is 1.63. The molecule has 0 saturated heterocycles. The Morgan fingerprint density at radius 2 is 2.26 bits per heavy atom. The summed E-state index contributed by atoms with van der Waals surface area (Å²) in [6.45, 7) is 0.447. The van der Waals surface area contributed by atoms with Gasteiger partial charge in [0, 0.05) is 19.7 Å². The Labute approximate surface area is 110 Å². The van der Waals surface area contributed by atoms with Crippen molar-refractivity contribution in [3.8, 4) is 0 Å². The molecule has 0 saturated carbocycles. The number of anilines is 2. The summed E-state index contributed by atoms with van der Waals surface area (Å²) in [4.78, 5) is 15.7. The lowest BCUT2D eigenvalue weighted by molar-refractivity contribution is 0.0963. The monoisotopic (exact) mass is 260 g/mol. The Bertz CT molecular complexity index is 592. The number of carbonyl (C=O) groups is 1. The summed E-state index contributed by atoms with van der Waals surface area (Å²) in [5.41, 5.74) is 7.67. The van der Waals surface area contributed by atoms with Gasteiger partial charge in [-0.3, -0.25) is 9.48 Å². The van der Waals surface area contributed by atoms with Crippen LogP contribution in [-0.2, 0) is 13.6 Å². The van der Waals surface area contributed by atoms with E-state index in [1.165, 1.54) is 0 Å². The van der Waals surface area contributed by atoms with Crippen molar-refractivity contribution in [1.82, 2.24) is 20.1 Å². The molecule has 0 aliphatic rings. The smallest absolute Gasteiger partial charge is 0.251 e. The van der Waals surface area contributed by atoms with Gasteiger partial charge in [0.1, 0.15) is 6.33 Å². The standard InChI is InChI=1S/C12H16N6O/c1-14-12(19)8-3-4-9(13)10(5-8)15-6-11-16-7-18(2)17-11/h3-5,7,15H,6,13H2,1-2H3,(H,14,19). The Kier molecular flexibility index (Phi) is 3.65. The lowest BCUT2D eigenvalue weighted by Gasteiger charge is -2.09. The van der Waals surface area contributed by atoms with Gasteiger partial charge < -0.3 is 16.4 Å². The van der Waals surface area contributed by atoms with Gasteiger partial charge in [-0.2, -0.15) is 5.10 Å². The first-order valence-electron chi connectivity index (χ1n) is 5.80. The van der Waals surface area contributed by atoms with E-state index in [-0.39, 0.29) is 5.91 Å². The number of nitrogens with one attached hydrogen (secondary N) is 2. The minimum absolute atomic E-state index is 0.154. The molecular weight excluding hydrogens is 244 g/mol. The number of carbonyl (C=O) groups excluding carboxylic acids is 1. The Morgan fingerprint density at radius 1 is 1.47 bits per heavy atom. The quantitative estimate of drug-likeness (QED) is 0.690. The molecule has 0 radical (unpaired) electrons. The van der Waals surface area contributed by atoms with Gasteiger partial charge in [0.2, 0.25) is 0 Å². The highest BCUT2D eigenvalue weighted by Crippen LogP contribution is 2.20. The molecule has 2 rings (SSSR count). The number of hydrogen-bond donors (Lipinski definition) is 3. The zero-order valence-electron chi connectivity index (χ0n) is 10.8. The highest BCUT2D eigenvalue weighted by Gasteiger charge is 2.07. The summed E-state index contributed by atoms with van der Waals surface area (Å²) < 4.78 is 1.63. The van der Waals surface area contributed by atoms with Crippen LogP contribution in [0, 0.1) is 0 Å². The van der Waals surface area contributed by atoms with E-state index in [0.29, 0.717) is 29.3 Å². The molecule has 7 heteroatoms. The van der Waals surface area contributed by atoms with E-state index in [1.54, 1.807) is 43.3 Å². The van der Waals surface area contributed by atoms with Crippen molar-refractivity contribution in [2.45, 2.75) is 6.54 Å². The third-order valence-electron chi connectivity index (χ3n) is 2.63. The van der Waals surface area contributed by atoms with Gasteiger partial charge in [0.25, 0.3) is 5.91 Å². The predicted octanol–water partition coefficient (Wildman–Crippen LogP) is 0.369. The van der Waals surface area contributed by atoms with Crippen LogP contribution in [0.25, 0.3) is 0 Å². The molecule has 7 nitrogen and oxygen atoms in total. The minimum atomic E-state index is -0.154. The molecule has 2 aromatic rings. The first kappa shape index (κ1) is 12.9. The summed E-state index contributed by atoms with van der Waals surface area (Å²) >= 11 is 0. The highest BCUT2D eigenvalue weighted by atomic mass is 16.1. The molecule has 0 aliphatic carbocycles. The fourth-order valence-corrected chi connectivity index (χ4v) is 1.63. The SMILES string of the molecule is CNC(=O)c1ccc(N)c(NCc2ncn(C)n2)c1. The Morgan fingerprint density at radius 3 is 2.89 bits per heavy atom. The van der Waals surface area contributed by atoms with Crippen molar-refractivity contribution < 1.29 is 4.79 Å². The van der Waals surface area contributed by atoms with Crippen LogP contribution >= 0.6 is 0 Å². The fourth-order valence-electron chi connectivity index (χ4n) is 1.63. The number of nitrogens with two attached hydrogens (primary N) is 1. The number of aromatic nitrogens is 3. The molecule has 0 aliphatic heterocycles. The molecular formula is C12H16N6O. The average molecular weight is 260 g/mol. The van der Waals surface area contributed by atoms with Crippen molar-refractivity contribution in [1.29, 1.82) is 0 Å². The zero-order chi connectivity index (χ0) is 13.8. The number of aryl methyl sites for hydroxylation is 1. The second kappa shape index (κ2) is 5.38. The zero-order valence-corrected chi connectivity index (χ0v) is 10.8. The summed E-state index contributed by atoms with van der Waals surface area (Å²) in [7, 11) is 3.39. The molecule has 0 spiro atoms. The van der Waals surface area contributed by atoms with Crippen LogP contribution in [0.2, 0.25) is 0 Å². The van der Waals surface area contributed by atoms with E-state index < -0.39 is 0 Å². The predicted molar refractivity (Wildman–Crippen MR) is 72.6 cm³/mol. The molecule has 100 valence electrons. The third-order valence-corrected chi connectivity index (χ3v) is 2.63. The molecule has 1 heterocycles. The number of amides is 1. The van der Waals surface area contributed by atoms with Gasteiger partial charge in [0.05, 0.1) is 17.9 Å². The van der Waals surface area contributed by atoms with Crippen LogP contribution in [0.1, 0.15) is 16.2 Å². The lowest BCUT2D eigenvalue weighted by Crippen LogP contribution is -2.18. The first-order chi connectivity index (χ1) is 9.10. The fraction of sp³-hybridized carbons (Fsp3) is 0.250. The normalized spacial score (nSPS) is 10.2. The van der Waals surface area contributed by atoms with E-state index in [2.05, 4.69) is 20.7 Å². The Balaban J connectivity index is 2.12. The van der Waals surface area contributed by atoms with Crippen molar-refractivity contribution in [3.63, 3.8) is 0 Å². The minimum Gasteiger partial charge on any atom is -0.397 e. The summed E-state index contributed by atoms with van der Waals surface area (Å²) in [5, 5.41) is 9.84. The number of nitrogen functional groups attached to an aromatic ring is 1. The second-order valence-corrected chi connectivity index (χ2v) is 4.07. The second-order valence-electron chi connectivity index (χ2n) is 4.07. The largest absolute Gasteiger partial charge is 0.397 e. The molecule has 0 atom stereocenters. The molecule has 0 unspecified atom stereocenters. The molecule has 19 heavy (non-hydrogen) atoms. The van der Waals surface area contributed by atoms with E-state index in [0.717, 1.165) is 0 Å². The molecule has 1 amide bonds. The number of rotatable bonds is 4. The first-order valence-corrected chi connectivity index (χ1v) is 5.80. The highest BCUT2D eigenvalue weighted by molar-refractivity contribution is 5.96. The van der Waals surface area contributed by atoms with Gasteiger partial charge in [-0.15, -0.1) is 0 Å². The van der Waals surface area contributed by atoms with Gasteiger partial charge in [-0.1, -0.05) is 0 Å².